The smallest absolute Gasteiger partial charge is 0.300 e. The number of halogens is 2. The molecule has 2 heterocycles. The van der Waals surface area contributed by atoms with E-state index in [-0.39, 0.29) is 23.9 Å². The van der Waals surface area contributed by atoms with Gasteiger partial charge in [0, 0.05) is 6.92 Å². The number of hydrogen-bond donors (Lipinski definition) is 0. The third kappa shape index (κ3) is 1.68. The molecule has 1 aliphatic heterocycles. The second kappa shape index (κ2) is 4.19. The number of hydrogen-bond acceptors (Lipinski definition) is 5. The predicted octanol–water partition coefficient (Wildman–Crippen LogP) is 1.39. The Balaban J connectivity index is 2.08. The van der Waals surface area contributed by atoms with Crippen LogP contribution in [0.5, 0.6) is 0 Å². The van der Waals surface area contributed by atoms with Crippen LogP contribution in [0.1, 0.15) is 22.1 Å². The summed E-state index contributed by atoms with van der Waals surface area (Å²) in [6, 6.07) is 1.66. The lowest BCUT2D eigenvalue weighted by Gasteiger charge is -2.14. The van der Waals surface area contributed by atoms with Gasteiger partial charge in [-0.15, -0.1) is 0 Å². The molecule has 0 saturated heterocycles. The highest BCUT2D eigenvalue weighted by atomic mass is 19.1. The van der Waals surface area contributed by atoms with E-state index >= 15 is 0 Å². The molecule has 1 aromatic heterocycles. The number of amides is 1. The summed E-state index contributed by atoms with van der Waals surface area (Å²) < 4.78 is 32.1. The molecule has 0 radical (unpaired) electrons. The topological polar surface area (TPSA) is 76.3 Å². The molecule has 0 saturated carbocycles. The van der Waals surface area contributed by atoms with Crippen molar-refractivity contribution in [1.82, 2.24) is 10.1 Å². The largest absolute Gasteiger partial charge is 0.340 e. The highest BCUT2D eigenvalue weighted by Crippen LogP contribution is 2.34. The molecule has 20 heavy (non-hydrogen) atoms. The number of aromatic nitrogens is 2. The molecule has 0 unspecified atom stereocenters. The molecule has 2 aromatic rings. The molecule has 0 N–H and O–H groups in total. The summed E-state index contributed by atoms with van der Waals surface area (Å²) in [6.07, 6.45) is 0. The van der Waals surface area contributed by atoms with Gasteiger partial charge in [-0.3, -0.25) is 14.5 Å². The minimum atomic E-state index is -1.09. The Kier molecular flexibility index (Phi) is 2.60. The van der Waals surface area contributed by atoms with Gasteiger partial charge in [-0.05, 0) is 12.1 Å². The van der Waals surface area contributed by atoms with E-state index in [2.05, 4.69) is 10.1 Å². The molecule has 0 aliphatic carbocycles. The monoisotopic (exact) mass is 279 g/mol. The van der Waals surface area contributed by atoms with E-state index in [4.69, 9.17) is 4.52 Å². The first-order valence-corrected chi connectivity index (χ1v) is 5.62. The maximum Gasteiger partial charge on any atom is 0.300 e. The van der Waals surface area contributed by atoms with Crippen LogP contribution in [0.3, 0.4) is 0 Å². The van der Waals surface area contributed by atoms with Gasteiger partial charge in [0.05, 0.1) is 17.8 Å². The Morgan fingerprint density at radius 3 is 2.60 bits per heavy atom. The SMILES string of the molecule is Cc1nc(CN2C(=O)C(=O)c3c(F)ccc(F)c32)no1. The molecule has 1 amide bonds. The van der Waals surface area contributed by atoms with Crippen molar-refractivity contribution >= 4 is 17.4 Å². The van der Waals surface area contributed by atoms with Gasteiger partial charge in [-0.25, -0.2) is 8.78 Å². The Morgan fingerprint density at radius 1 is 1.25 bits per heavy atom. The number of aryl methyl sites for hydroxylation is 1. The molecule has 0 fully saturated rings. The molecule has 8 heteroatoms. The zero-order chi connectivity index (χ0) is 14.4. The third-order valence-corrected chi connectivity index (χ3v) is 2.88. The summed E-state index contributed by atoms with van der Waals surface area (Å²) in [4.78, 5) is 28.2. The fourth-order valence-electron chi connectivity index (χ4n) is 2.05. The second-order valence-electron chi connectivity index (χ2n) is 4.20. The predicted molar refractivity (Wildman–Crippen MR) is 60.9 cm³/mol. The molecule has 0 atom stereocenters. The van der Waals surface area contributed by atoms with Crippen LogP contribution in [0.2, 0.25) is 0 Å². The average Bonchev–Trinajstić information content (AvgIpc) is 2.92. The van der Waals surface area contributed by atoms with E-state index in [1.54, 1.807) is 6.92 Å². The number of nitrogens with zero attached hydrogens (tertiary/aromatic N) is 3. The van der Waals surface area contributed by atoms with Crippen molar-refractivity contribution in [3.05, 3.63) is 41.0 Å². The van der Waals surface area contributed by atoms with Gasteiger partial charge in [0.15, 0.2) is 5.82 Å². The summed E-state index contributed by atoms with van der Waals surface area (Å²) in [7, 11) is 0. The number of carbonyl (C=O) groups is 2. The van der Waals surface area contributed by atoms with E-state index < -0.39 is 28.9 Å². The number of carbonyl (C=O) groups excluding carboxylic acids is 2. The number of ketones is 1. The van der Waals surface area contributed by atoms with Crippen molar-refractivity contribution in [3.63, 3.8) is 0 Å². The van der Waals surface area contributed by atoms with E-state index in [0.717, 1.165) is 17.0 Å². The minimum absolute atomic E-state index is 0.0974. The molecular formula is C12H7F2N3O3. The average molecular weight is 279 g/mol. The Labute approximate surface area is 111 Å². The van der Waals surface area contributed by atoms with Gasteiger partial charge < -0.3 is 4.52 Å². The van der Waals surface area contributed by atoms with Gasteiger partial charge in [-0.2, -0.15) is 4.98 Å². The fraction of sp³-hybridized carbons (Fsp3) is 0.167. The fourth-order valence-corrected chi connectivity index (χ4v) is 2.05. The maximum absolute atomic E-state index is 13.8. The van der Waals surface area contributed by atoms with Crippen molar-refractivity contribution in [2.45, 2.75) is 13.5 Å². The van der Waals surface area contributed by atoms with Crippen molar-refractivity contribution in [2.24, 2.45) is 0 Å². The van der Waals surface area contributed by atoms with Crippen molar-refractivity contribution < 1.29 is 22.9 Å². The second-order valence-corrected chi connectivity index (χ2v) is 4.20. The number of anilines is 1. The quantitative estimate of drug-likeness (QED) is 0.776. The first-order valence-electron chi connectivity index (χ1n) is 5.62. The standard InChI is InChI=1S/C12H7F2N3O3/c1-5-15-8(16-20-5)4-17-10-7(14)3-2-6(13)9(10)11(18)12(17)19/h2-3H,4H2,1H3. The van der Waals surface area contributed by atoms with Crippen LogP contribution in [0.4, 0.5) is 14.5 Å². The van der Waals surface area contributed by atoms with Crippen molar-refractivity contribution in [3.8, 4) is 0 Å². The first kappa shape index (κ1) is 12.4. The zero-order valence-corrected chi connectivity index (χ0v) is 10.2. The van der Waals surface area contributed by atoms with E-state index in [9.17, 15) is 18.4 Å². The Bertz CT molecular complexity index is 742. The van der Waals surface area contributed by atoms with Gasteiger partial charge in [-0.1, -0.05) is 5.16 Å². The molecule has 3 rings (SSSR count). The molecule has 1 aliphatic rings. The van der Waals surface area contributed by atoms with Crippen LogP contribution in [0, 0.1) is 18.6 Å². The van der Waals surface area contributed by atoms with Crippen molar-refractivity contribution in [1.29, 1.82) is 0 Å². The molecule has 6 nitrogen and oxygen atoms in total. The van der Waals surface area contributed by atoms with Crippen molar-refractivity contribution in [2.75, 3.05) is 4.90 Å². The van der Waals surface area contributed by atoms with E-state index in [1.165, 1.54) is 0 Å². The van der Waals surface area contributed by atoms with Gasteiger partial charge >= 0.3 is 0 Å². The maximum atomic E-state index is 13.8. The number of benzene rings is 1. The van der Waals surface area contributed by atoms with E-state index in [1.807, 2.05) is 0 Å². The lowest BCUT2D eigenvalue weighted by molar-refractivity contribution is -0.114. The number of rotatable bonds is 2. The number of fused-ring (bicyclic) bond motifs is 1. The third-order valence-electron chi connectivity index (χ3n) is 2.88. The van der Waals surface area contributed by atoms with Crippen LogP contribution in [0.15, 0.2) is 16.7 Å². The summed E-state index contributed by atoms with van der Waals surface area (Å²) in [5.74, 6) is -3.55. The minimum Gasteiger partial charge on any atom is -0.340 e. The molecular weight excluding hydrogens is 272 g/mol. The van der Waals surface area contributed by atoms with Crippen LogP contribution < -0.4 is 4.90 Å². The van der Waals surface area contributed by atoms with Crippen LogP contribution >= 0.6 is 0 Å². The van der Waals surface area contributed by atoms with Crippen LogP contribution in [-0.2, 0) is 11.3 Å². The van der Waals surface area contributed by atoms with E-state index in [0.29, 0.717) is 0 Å². The summed E-state index contributed by atoms with van der Waals surface area (Å²) in [5, 5.41) is 3.56. The molecule has 0 spiro atoms. The van der Waals surface area contributed by atoms with Crippen LogP contribution in [0.25, 0.3) is 0 Å². The summed E-state index contributed by atoms with van der Waals surface area (Å²) in [6.45, 7) is 1.27. The Morgan fingerprint density at radius 2 is 1.95 bits per heavy atom. The highest BCUT2D eigenvalue weighted by Gasteiger charge is 2.41. The van der Waals surface area contributed by atoms with Gasteiger partial charge in [0.2, 0.25) is 5.89 Å². The zero-order valence-electron chi connectivity index (χ0n) is 10.2. The summed E-state index contributed by atoms with van der Waals surface area (Å²) >= 11 is 0. The summed E-state index contributed by atoms with van der Waals surface area (Å²) in [5.41, 5.74) is -0.947. The lowest BCUT2D eigenvalue weighted by Crippen LogP contribution is -2.30. The Hall–Kier alpha value is -2.64. The highest BCUT2D eigenvalue weighted by molar-refractivity contribution is 6.52. The molecule has 0 bridgehead atoms. The molecule has 1 aromatic carbocycles. The first-order chi connectivity index (χ1) is 9.49. The normalized spacial score (nSPS) is 14.1. The molecule has 102 valence electrons. The lowest BCUT2D eigenvalue weighted by atomic mass is 10.1. The number of Topliss-reactive ketones (excluding diaryl/α,β-unsaturated/α-hetero) is 1. The van der Waals surface area contributed by atoms with Gasteiger partial charge in [0.25, 0.3) is 11.7 Å². The van der Waals surface area contributed by atoms with Gasteiger partial charge in [0.1, 0.15) is 11.6 Å². The van der Waals surface area contributed by atoms with Crippen LogP contribution in [-0.4, -0.2) is 21.8 Å².